The molecule has 1 fully saturated rings. The van der Waals surface area contributed by atoms with Gasteiger partial charge >= 0.3 is 5.69 Å². The van der Waals surface area contributed by atoms with Crippen molar-refractivity contribution in [2.24, 2.45) is 0 Å². The van der Waals surface area contributed by atoms with Crippen LogP contribution in [0.1, 0.15) is 24.6 Å². The fraction of sp³-hybridized carbons (Fsp3) is 0.625. The third-order valence-electron chi connectivity index (χ3n) is 2.55. The molecule has 2 rings (SSSR count). The van der Waals surface area contributed by atoms with Gasteiger partial charge in [0.1, 0.15) is 11.9 Å². The van der Waals surface area contributed by atoms with Gasteiger partial charge in [-0.05, 0) is 19.8 Å². The Kier molecular flexibility index (Phi) is 1.99. The Bertz CT molecular complexity index is 368. The third kappa shape index (κ3) is 1.37. The lowest BCUT2D eigenvalue weighted by Crippen LogP contribution is -2.31. The van der Waals surface area contributed by atoms with E-state index in [1.807, 2.05) is 0 Å². The Labute approximate surface area is 80.3 Å². The van der Waals surface area contributed by atoms with Gasteiger partial charge in [0.05, 0.1) is 17.1 Å². The summed E-state index contributed by atoms with van der Waals surface area (Å²) in [5.74, 6) is 0. The maximum Gasteiger partial charge on any atom is 0.309 e. The molecule has 1 aliphatic carbocycles. The summed E-state index contributed by atoms with van der Waals surface area (Å²) in [4.78, 5) is 10.1. The number of nitrogens with zero attached hydrogens (tertiary/aromatic N) is 3. The van der Waals surface area contributed by atoms with Gasteiger partial charge in [-0.3, -0.25) is 14.8 Å². The van der Waals surface area contributed by atoms with Gasteiger partial charge in [-0.15, -0.1) is 0 Å². The van der Waals surface area contributed by atoms with Crippen molar-refractivity contribution < 1.29 is 10.0 Å². The van der Waals surface area contributed by atoms with Gasteiger partial charge in [0.15, 0.2) is 0 Å². The molecular weight excluding hydrogens is 186 g/mol. The van der Waals surface area contributed by atoms with Crippen LogP contribution in [0.3, 0.4) is 0 Å². The normalized spacial score (nSPS) is 25.9. The van der Waals surface area contributed by atoms with Crippen molar-refractivity contribution in [2.75, 3.05) is 0 Å². The van der Waals surface area contributed by atoms with Crippen LogP contribution in [0.4, 0.5) is 5.69 Å². The Morgan fingerprint density at radius 2 is 2.36 bits per heavy atom. The summed E-state index contributed by atoms with van der Waals surface area (Å²) in [7, 11) is 0. The average molecular weight is 197 g/mol. The SMILES string of the molecule is Cc1nn([C@H]2C[C@H](O)C2)cc1[N+](=O)[O-]. The van der Waals surface area contributed by atoms with Crippen molar-refractivity contribution in [3.05, 3.63) is 22.0 Å². The zero-order valence-electron chi connectivity index (χ0n) is 7.75. The second-order valence-electron chi connectivity index (χ2n) is 3.62. The molecule has 0 atom stereocenters. The molecule has 1 N–H and O–H groups in total. The summed E-state index contributed by atoms with van der Waals surface area (Å²) < 4.78 is 1.58. The van der Waals surface area contributed by atoms with Crippen LogP contribution in [-0.2, 0) is 0 Å². The number of aliphatic hydroxyl groups excluding tert-OH is 1. The third-order valence-corrected chi connectivity index (χ3v) is 2.55. The molecule has 0 aliphatic heterocycles. The van der Waals surface area contributed by atoms with Crippen LogP contribution in [0, 0.1) is 17.0 Å². The minimum absolute atomic E-state index is 0.0476. The van der Waals surface area contributed by atoms with Gasteiger partial charge in [0.25, 0.3) is 0 Å². The van der Waals surface area contributed by atoms with Crippen LogP contribution in [0.15, 0.2) is 6.20 Å². The molecule has 6 nitrogen and oxygen atoms in total. The quantitative estimate of drug-likeness (QED) is 0.561. The summed E-state index contributed by atoms with van der Waals surface area (Å²) in [6.07, 6.45) is 2.44. The Balaban J connectivity index is 2.20. The van der Waals surface area contributed by atoms with E-state index in [-0.39, 0.29) is 17.8 Å². The van der Waals surface area contributed by atoms with E-state index < -0.39 is 4.92 Å². The molecule has 1 aromatic rings. The Morgan fingerprint density at radius 1 is 1.71 bits per heavy atom. The van der Waals surface area contributed by atoms with Gasteiger partial charge in [0.2, 0.25) is 0 Å². The molecule has 14 heavy (non-hydrogen) atoms. The first kappa shape index (κ1) is 9.14. The van der Waals surface area contributed by atoms with Crippen LogP contribution in [0.2, 0.25) is 0 Å². The fourth-order valence-corrected chi connectivity index (χ4v) is 1.61. The van der Waals surface area contributed by atoms with Crippen molar-refractivity contribution in [3.63, 3.8) is 0 Å². The highest BCUT2D eigenvalue weighted by atomic mass is 16.6. The van der Waals surface area contributed by atoms with Crippen molar-refractivity contribution in [1.29, 1.82) is 0 Å². The first-order chi connectivity index (χ1) is 6.58. The van der Waals surface area contributed by atoms with E-state index in [1.54, 1.807) is 11.6 Å². The summed E-state index contributed by atoms with van der Waals surface area (Å²) in [5, 5.41) is 23.7. The maximum atomic E-state index is 10.5. The first-order valence-electron chi connectivity index (χ1n) is 4.46. The first-order valence-corrected chi connectivity index (χ1v) is 4.46. The molecule has 1 saturated carbocycles. The molecule has 0 bridgehead atoms. The largest absolute Gasteiger partial charge is 0.393 e. The number of nitro groups is 1. The van der Waals surface area contributed by atoms with E-state index in [4.69, 9.17) is 5.11 Å². The predicted octanol–water partition coefficient (Wildman–Crippen LogP) is 0.796. The lowest BCUT2D eigenvalue weighted by Gasteiger charge is -2.31. The number of hydrogen-bond acceptors (Lipinski definition) is 4. The highest BCUT2D eigenvalue weighted by Gasteiger charge is 2.31. The van der Waals surface area contributed by atoms with E-state index in [1.165, 1.54) is 6.20 Å². The highest BCUT2D eigenvalue weighted by molar-refractivity contribution is 5.31. The number of rotatable bonds is 2. The van der Waals surface area contributed by atoms with Gasteiger partial charge in [-0.25, -0.2) is 0 Å². The minimum Gasteiger partial charge on any atom is -0.393 e. The molecule has 0 radical (unpaired) electrons. The Hall–Kier alpha value is -1.43. The lowest BCUT2D eigenvalue weighted by atomic mass is 9.90. The van der Waals surface area contributed by atoms with Gasteiger partial charge in [0, 0.05) is 0 Å². The van der Waals surface area contributed by atoms with Crippen molar-refractivity contribution in [1.82, 2.24) is 9.78 Å². The fourth-order valence-electron chi connectivity index (χ4n) is 1.61. The van der Waals surface area contributed by atoms with Crippen LogP contribution < -0.4 is 0 Å². The molecular formula is C8H11N3O3. The zero-order valence-corrected chi connectivity index (χ0v) is 7.75. The Morgan fingerprint density at radius 3 is 2.79 bits per heavy atom. The summed E-state index contributed by atoms with van der Waals surface area (Å²) in [6.45, 7) is 1.61. The maximum absolute atomic E-state index is 10.5. The lowest BCUT2D eigenvalue weighted by molar-refractivity contribution is -0.385. The van der Waals surface area contributed by atoms with Crippen LogP contribution in [0.25, 0.3) is 0 Å². The molecule has 0 amide bonds. The predicted molar refractivity (Wildman–Crippen MR) is 47.9 cm³/mol. The van der Waals surface area contributed by atoms with Gasteiger partial charge in [-0.1, -0.05) is 0 Å². The van der Waals surface area contributed by atoms with Crippen LogP contribution in [0.5, 0.6) is 0 Å². The molecule has 0 spiro atoms. The zero-order chi connectivity index (χ0) is 10.3. The second kappa shape index (κ2) is 3.06. The monoisotopic (exact) mass is 197 g/mol. The van der Waals surface area contributed by atoms with E-state index in [9.17, 15) is 10.1 Å². The van der Waals surface area contributed by atoms with E-state index in [2.05, 4.69) is 5.10 Å². The topological polar surface area (TPSA) is 81.2 Å². The number of hydrogen-bond donors (Lipinski definition) is 1. The number of aromatic nitrogens is 2. The molecule has 0 unspecified atom stereocenters. The molecule has 6 heteroatoms. The van der Waals surface area contributed by atoms with E-state index >= 15 is 0 Å². The molecule has 0 saturated heterocycles. The van der Waals surface area contributed by atoms with Gasteiger partial charge in [-0.2, -0.15) is 5.10 Å². The van der Waals surface area contributed by atoms with Crippen molar-refractivity contribution in [3.8, 4) is 0 Å². The number of aryl methyl sites for hydroxylation is 1. The van der Waals surface area contributed by atoms with E-state index in [0.29, 0.717) is 18.5 Å². The summed E-state index contributed by atoms with van der Waals surface area (Å²) in [5.41, 5.74) is 0.475. The molecule has 1 aromatic heterocycles. The van der Waals surface area contributed by atoms with Crippen LogP contribution >= 0.6 is 0 Å². The van der Waals surface area contributed by atoms with Gasteiger partial charge < -0.3 is 5.11 Å². The molecule has 1 heterocycles. The molecule has 1 aliphatic rings. The van der Waals surface area contributed by atoms with Crippen molar-refractivity contribution in [2.45, 2.75) is 31.9 Å². The second-order valence-corrected chi connectivity index (χ2v) is 3.62. The summed E-state index contributed by atoms with van der Waals surface area (Å²) in [6, 6.07) is 0.123. The highest BCUT2D eigenvalue weighted by Crippen LogP contribution is 2.33. The standard InChI is InChI=1S/C8H11N3O3/c1-5-8(11(13)14)4-10(9-5)6-2-7(12)3-6/h4,6-7,12H,2-3H2,1H3/t6-,7-. The van der Waals surface area contributed by atoms with Crippen molar-refractivity contribution >= 4 is 5.69 Å². The van der Waals surface area contributed by atoms with Crippen LogP contribution in [-0.4, -0.2) is 25.9 Å². The smallest absolute Gasteiger partial charge is 0.309 e. The molecule has 76 valence electrons. The molecule has 0 aromatic carbocycles. The summed E-state index contributed by atoms with van der Waals surface area (Å²) >= 11 is 0. The minimum atomic E-state index is -0.437. The van der Waals surface area contributed by atoms with E-state index in [0.717, 1.165) is 0 Å². The number of aliphatic hydroxyl groups is 1. The average Bonchev–Trinajstić information content (AvgIpc) is 2.41.